The third kappa shape index (κ3) is 4.26. The predicted molar refractivity (Wildman–Crippen MR) is 115 cm³/mol. The van der Waals surface area contributed by atoms with E-state index in [1.54, 1.807) is 21.5 Å². The van der Waals surface area contributed by atoms with Crippen molar-refractivity contribution < 1.29 is 14.2 Å². The number of pyridine rings is 1. The lowest BCUT2D eigenvalue weighted by Crippen LogP contribution is -2.27. The number of benzene rings is 1. The second kappa shape index (κ2) is 8.75. The van der Waals surface area contributed by atoms with Crippen molar-refractivity contribution >= 4 is 0 Å². The predicted octanol–water partition coefficient (Wildman–Crippen LogP) is 3.50. The molecule has 0 amide bonds. The summed E-state index contributed by atoms with van der Waals surface area (Å²) in [6, 6.07) is 7.32. The zero-order valence-electron chi connectivity index (χ0n) is 17.6. The van der Waals surface area contributed by atoms with Crippen molar-refractivity contribution in [2.45, 2.75) is 32.8 Å². The van der Waals surface area contributed by atoms with Crippen LogP contribution in [0.4, 0.5) is 0 Å². The van der Waals surface area contributed by atoms with Crippen molar-refractivity contribution in [1.29, 1.82) is 0 Å². The van der Waals surface area contributed by atoms with E-state index in [2.05, 4.69) is 5.10 Å². The van der Waals surface area contributed by atoms with Crippen molar-refractivity contribution in [1.82, 2.24) is 14.3 Å². The Morgan fingerprint density at radius 3 is 2.67 bits per heavy atom. The lowest BCUT2D eigenvalue weighted by Gasteiger charge is -2.24. The molecule has 0 aliphatic carbocycles. The van der Waals surface area contributed by atoms with Crippen molar-refractivity contribution in [2.75, 3.05) is 19.8 Å². The molecule has 7 nitrogen and oxygen atoms in total. The first-order valence-electron chi connectivity index (χ1n) is 10.3. The van der Waals surface area contributed by atoms with E-state index < -0.39 is 0 Å². The van der Waals surface area contributed by atoms with E-state index >= 15 is 0 Å². The number of rotatable bonds is 6. The molecule has 7 heteroatoms. The fourth-order valence-electron chi connectivity index (χ4n) is 3.71. The smallest absolute Gasteiger partial charge is 0.258 e. The first kappa shape index (κ1) is 20.2. The quantitative estimate of drug-likeness (QED) is 0.623. The minimum Gasteiger partial charge on any atom is -0.494 e. The highest BCUT2D eigenvalue weighted by Crippen LogP contribution is 2.31. The molecule has 0 saturated carbocycles. The zero-order chi connectivity index (χ0) is 21.1. The minimum absolute atomic E-state index is 0.0385. The van der Waals surface area contributed by atoms with Crippen LogP contribution in [0.5, 0.6) is 11.5 Å². The molecule has 0 atom stereocenters. The molecule has 30 heavy (non-hydrogen) atoms. The summed E-state index contributed by atoms with van der Waals surface area (Å²) >= 11 is 0. The van der Waals surface area contributed by atoms with Crippen LogP contribution >= 0.6 is 0 Å². The van der Waals surface area contributed by atoms with Crippen LogP contribution in [0, 0.1) is 6.92 Å². The summed E-state index contributed by atoms with van der Waals surface area (Å²) in [5, 5.41) is 4.29. The van der Waals surface area contributed by atoms with Crippen molar-refractivity contribution in [3.63, 3.8) is 0 Å². The number of aromatic nitrogens is 3. The van der Waals surface area contributed by atoms with Gasteiger partial charge in [-0.15, -0.1) is 0 Å². The SMILES string of the molecule is CCOc1ccc(-n2cc(-c3cnn(C)c3)c(OC3CCOCC3)cc2=O)c(C)c1. The third-order valence-corrected chi connectivity index (χ3v) is 5.23. The molecule has 3 heterocycles. The average Bonchev–Trinajstić information content (AvgIpc) is 3.16. The maximum Gasteiger partial charge on any atom is 0.258 e. The van der Waals surface area contributed by atoms with Crippen LogP contribution < -0.4 is 15.0 Å². The molecule has 1 aromatic carbocycles. The Hall–Kier alpha value is -3.06. The first-order chi connectivity index (χ1) is 14.5. The van der Waals surface area contributed by atoms with Crippen LogP contribution in [0.1, 0.15) is 25.3 Å². The number of ether oxygens (including phenoxy) is 3. The largest absolute Gasteiger partial charge is 0.494 e. The van der Waals surface area contributed by atoms with Crippen LogP contribution in [0.3, 0.4) is 0 Å². The summed E-state index contributed by atoms with van der Waals surface area (Å²) in [5.74, 6) is 1.37. The Labute approximate surface area is 175 Å². The van der Waals surface area contributed by atoms with Gasteiger partial charge < -0.3 is 14.2 Å². The highest BCUT2D eigenvalue weighted by molar-refractivity contribution is 5.69. The fraction of sp³-hybridized carbons (Fsp3) is 0.391. The van der Waals surface area contributed by atoms with E-state index in [0.29, 0.717) is 25.6 Å². The van der Waals surface area contributed by atoms with Gasteiger partial charge in [-0.2, -0.15) is 5.10 Å². The van der Waals surface area contributed by atoms with Gasteiger partial charge in [0.25, 0.3) is 5.56 Å². The van der Waals surface area contributed by atoms with Gasteiger partial charge in [0.2, 0.25) is 0 Å². The van der Waals surface area contributed by atoms with Crippen LogP contribution in [-0.2, 0) is 11.8 Å². The van der Waals surface area contributed by atoms with Crippen molar-refractivity contribution in [3.05, 3.63) is 58.8 Å². The van der Waals surface area contributed by atoms with Crippen LogP contribution in [0.2, 0.25) is 0 Å². The lowest BCUT2D eigenvalue weighted by atomic mass is 10.1. The highest BCUT2D eigenvalue weighted by Gasteiger charge is 2.20. The molecule has 3 aromatic rings. The molecule has 1 fully saturated rings. The Kier molecular flexibility index (Phi) is 5.90. The Balaban J connectivity index is 1.78. The van der Waals surface area contributed by atoms with Gasteiger partial charge in [0.1, 0.15) is 17.6 Å². The molecule has 0 unspecified atom stereocenters. The van der Waals surface area contributed by atoms with E-state index in [1.807, 2.05) is 51.5 Å². The highest BCUT2D eigenvalue weighted by atomic mass is 16.5. The molecular weight excluding hydrogens is 382 g/mol. The molecule has 1 aliphatic heterocycles. The molecule has 4 rings (SSSR count). The monoisotopic (exact) mass is 409 g/mol. The summed E-state index contributed by atoms with van der Waals surface area (Å²) in [7, 11) is 1.87. The summed E-state index contributed by atoms with van der Waals surface area (Å²) in [6.45, 7) is 5.87. The van der Waals surface area contributed by atoms with E-state index in [0.717, 1.165) is 41.0 Å². The maximum atomic E-state index is 13.0. The molecular formula is C23H27N3O4. The summed E-state index contributed by atoms with van der Waals surface area (Å²) in [5.41, 5.74) is 3.36. The molecule has 0 radical (unpaired) electrons. The number of aryl methyl sites for hydroxylation is 2. The number of nitrogens with zero attached hydrogens (tertiary/aromatic N) is 3. The summed E-state index contributed by atoms with van der Waals surface area (Å²) in [6.07, 6.45) is 7.22. The molecule has 0 spiro atoms. The lowest BCUT2D eigenvalue weighted by molar-refractivity contribution is 0.0257. The fourth-order valence-corrected chi connectivity index (χ4v) is 3.71. The van der Waals surface area contributed by atoms with E-state index in [-0.39, 0.29) is 11.7 Å². The second-order valence-electron chi connectivity index (χ2n) is 7.47. The van der Waals surface area contributed by atoms with Crippen LogP contribution in [-0.4, -0.2) is 40.3 Å². The van der Waals surface area contributed by atoms with Gasteiger partial charge in [-0.3, -0.25) is 14.0 Å². The van der Waals surface area contributed by atoms with Crippen molar-refractivity contribution in [2.24, 2.45) is 7.05 Å². The molecule has 0 N–H and O–H groups in total. The topological polar surface area (TPSA) is 67.5 Å². The van der Waals surface area contributed by atoms with E-state index in [1.165, 1.54) is 0 Å². The van der Waals surface area contributed by atoms with Crippen LogP contribution in [0.25, 0.3) is 16.8 Å². The van der Waals surface area contributed by atoms with E-state index in [4.69, 9.17) is 14.2 Å². The van der Waals surface area contributed by atoms with Gasteiger partial charge in [0, 0.05) is 49.5 Å². The second-order valence-corrected chi connectivity index (χ2v) is 7.47. The zero-order valence-corrected chi connectivity index (χ0v) is 17.6. The first-order valence-corrected chi connectivity index (χ1v) is 10.3. The van der Waals surface area contributed by atoms with Gasteiger partial charge in [-0.05, 0) is 37.6 Å². The molecule has 158 valence electrons. The van der Waals surface area contributed by atoms with Crippen LogP contribution in [0.15, 0.2) is 47.7 Å². The Bertz CT molecular complexity index is 1080. The van der Waals surface area contributed by atoms with Crippen molar-refractivity contribution in [3.8, 4) is 28.3 Å². The number of hydrogen-bond acceptors (Lipinski definition) is 5. The average molecular weight is 409 g/mol. The van der Waals surface area contributed by atoms with Gasteiger partial charge in [-0.25, -0.2) is 0 Å². The molecule has 2 aromatic heterocycles. The van der Waals surface area contributed by atoms with Gasteiger partial charge >= 0.3 is 0 Å². The Morgan fingerprint density at radius 1 is 1.20 bits per heavy atom. The summed E-state index contributed by atoms with van der Waals surface area (Å²) in [4.78, 5) is 13.0. The van der Waals surface area contributed by atoms with Gasteiger partial charge in [0.15, 0.2) is 0 Å². The molecule has 1 aliphatic rings. The minimum atomic E-state index is -0.142. The molecule has 0 bridgehead atoms. The number of hydrogen-bond donors (Lipinski definition) is 0. The Morgan fingerprint density at radius 2 is 2.00 bits per heavy atom. The normalized spacial score (nSPS) is 14.6. The summed E-state index contributed by atoms with van der Waals surface area (Å²) < 4.78 is 20.7. The van der Waals surface area contributed by atoms with Gasteiger partial charge in [0.05, 0.1) is 31.7 Å². The maximum absolute atomic E-state index is 13.0. The standard InChI is InChI=1S/C23H27N3O4/c1-4-29-19-5-6-21(16(2)11-19)26-15-20(17-13-24-25(3)14-17)22(12-23(26)27)30-18-7-9-28-10-8-18/h5-6,11-15,18H,4,7-10H2,1-3H3. The third-order valence-electron chi connectivity index (χ3n) is 5.23. The van der Waals surface area contributed by atoms with Gasteiger partial charge in [-0.1, -0.05) is 0 Å². The molecule has 1 saturated heterocycles. The van der Waals surface area contributed by atoms with E-state index in [9.17, 15) is 4.79 Å².